The number of H-pyrrole nitrogens is 1. The number of carbonyl (C=O) groups excluding carboxylic acids is 2. The molecule has 2 atom stereocenters. The molecule has 39 heavy (non-hydrogen) atoms. The highest BCUT2D eigenvalue weighted by molar-refractivity contribution is 5.92. The summed E-state index contributed by atoms with van der Waals surface area (Å²) in [7, 11) is 0. The van der Waals surface area contributed by atoms with Crippen molar-refractivity contribution in [2.45, 2.75) is 68.9 Å². The van der Waals surface area contributed by atoms with Gasteiger partial charge in [0.1, 0.15) is 6.04 Å². The molecule has 0 unspecified atom stereocenters. The van der Waals surface area contributed by atoms with Crippen LogP contribution in [0.1, 0.15) is 62.1 Å². The fourth-order valence-corrected chi connectivity index (χ4v) is 6.33. The van der Waals surface area contributed by atoms with Crippen LogP contribution in [0, 0.1) is 0 Å². The number of fused-ring (bicyclic) bond motifs is 3. The van der Waals surface area contributed by atoms with Gasteiger partial charge in [0.2, 0.25) is 11.8 Å². The molecule has 8 nitrogen and oxygen atoms in total. The highest BCUT2D eigenvalue weighted by Gasteiger charge is 2.46. The number of halogens is 1. The second-order valence-corrected chi connectivity index (χ2v) is 11.5. The summed E-state index contributed by atoms with van der Waals surface area (Å²) in [5, 5.41) is 13.4. The first-order valence-electron chi connectivity index (χ1n) is 13.3. The van der Waals surface area contributed by atoms with E-state index in [0.717, 1.165) is 41.3 Å². The Morgan fingerprint density at radius 2 is 1.79 bits per heavy atom. The number of aromatic amines is 1. The van der Waals surface area contributed by atoms with Gasteiger partial charge in [0.25, 0.3) is 0 Å². The maximum atomic E-state index is 13.9. The molecule has 1 spiro atoms. The van der Waals surface area contributed by atoms with Crippen LogP contribution >= 0.6 is 12.4 Å². The molecule has 2 amide bonds. The summed E-state index contributed by atoms with van der Waals surface area (Å²) in [6.45, 7) is 4.37. The molecule has 208 valence electrons. The van der Waals surface area contributed by atoms with Gasteiger partial charge < -0.3 is 26.0 Å². The van der Waals surface area contributed by atoms with Gasteiger partial charge in [0, 0.05) is 36.6 Å². The first-order valence-corrected chi connectivity index (χ1v) is 13.3. The number of carbonyl (C=O) groups is 3. The molecule has 2 heterocycles. The standard InChI is InChI=1S/C30H36N4O4.ClH/c1-29(2,31)28(38)33-25(15-20-18-32-24-10-6-4-8-22(20)24)27(37)34-13-11-30(12-14-34)17-19(16-26(35)36)21-7-3-5-9-23(21)30;/h3-10,18-19,25,32H,11-17,31H2,1-2H3,(H,33,38)(H,35,36);1H/t19-,25-;/m1./s1. The number of piperidine rings is 1. The number of hydrogen-bond donors (Lipinski definition) is 4. The van der Waals surface area contributed by atoms with Crippen molar-refractivity contribution in [2.24, 2.45) is 5.73 Å². The molecule has 1 aliphatic heterocycles. The second-order valence-electron chi connectivity index (χ2n) is 11.5. The number of aromatic nitrogens is 1. The van der Waals surface area contributed by atoms with E-state index in [1.165, 1.54) is 5.56 Å². The van der Waals surface area contributed by atoms with Crippen LogP contribution in [-0.2, 0) is 26.2 Å². The minimum absolute atomic E-state index is 0. The van der Waals surface area contributed by atoms with E-state index in [-0.39, 0.29) is 42.0 Å². The van der Waals surface area contributed by atoms with Gasteiger partial charge in [-0.1, -0.05) is 42.5 Å². The number of nitrogens with zero attached hydrogens (tertiary/aromatic N) is 1. The summed E-state index contributed by atoms with van der Waals surface area (Å²) in [5.41, 5.74) is 9.12. The Morgan fingerprint density at radius 3 is 2.49 bits per heavy atom. The lowest BCUT2D eigenvalue weighted by Crippen LogP contribution is -2.58. The second kappa shape index (κ2) is 11.0. The van der Waals surface area contributed by atoms with E-state index in [1.807, 2.05) is 47.5 Å². The monoisotopic (exact) mass is 552 g/mol. The summed E-state index contributed by atoms with van der Waals surface area (Å²) in [4.78, 5) is 43.3. The highest BCUT2D eigenvalue weighted by atomic mass is 35.5. The van der Waals surface area contributed by atoms with E-state index < -0.39 is 17.6 Å². The summed E-state index contributed by atoms with van der Waals surface area (Å²) < 4.78 is 0. The minimum Gasteiger partial charge on any atom is -0.481 e. The number of para-hydroxylation sites is 1. The zero-order chi connectivity index (χ0) is 27.1. The summed E-state index contributed by atoms with van der Waals surface area (Å²) >= 11 is 0. The number of nitrogens with two attached hydrogens (primary N) is 1. The molecular weight excluding hydrogens is 516 g/mol. The van der Waals surface area contributed by atoms with Crippen LogP contribution in [-0.4, -0.2) is 57.4 Å². The van der Waals surface area contributed by atoms with Crippen molar-refractivity contribution >= 4 is 41.1 Å². The number of nitrogens with one attached hydrogen (secondary N) is 2. The molecule has 1 aromatic heterocycles. The number of hydrogen-bond acceptors (Lipinski definition) is 4. The minimum atomic E-state index is -1.11. The van der Waals surface area contributed by atoms with Crippen LogP contribution in [0.25, 0.3) is 10.9 Å². The molecule has 5 rings (SSSR count). The van der Waals surface area contributed by atoms with Crippen molar-refractivity contribution in [3.8, 4) is 0 Å². The van der Waals surface area contributed by atoms with Crippen molar-refractivity contribution in [3.05, 3.63) is 71.4 Å². The zero-order valence-electron chi connectivity index (χ0n) is 22.4. The van der Waals surface area contributed by atoms with Crippen LogP contribution in [0.3, 0.4) is 0 Å². The van der Waals surface area contributed by atoms with E-state index in [0.29, 0.717) is 19.5 Å². The molecule has 9 heteroatoms. The fraction of sp³-hybridized carbons (Fsp3) is 0.433. The van der Waals surface area contributed by atoms with Crippen molar-refractivity contribution in [3.63, 3.8) is 0 Å². The maximum Gasteiger partial charge on any atom is 0.303 e. The van der Waals surface area contributed by atoms with Gasteiger partial charge >= 0.3 is 5.97 Å². The molecular formula is C30H37ClN4O4. The Balaban J connectivity index is 0.00000353. The van der Waals surface area contributed by atoms with Crippen LogP contribution in [0.15, 0.2) is 54.7 Å². The lowest BCUT2D eigenvalue weighted by atomic mass is 9.73. The third kappa shape index (κ3) is 5.68. The van der Waals surface area contributed by atoms with Gasteiger partial charge in [0.05, 0.1) is 12.0 Å². The van der Waals surface area contributed by atoms with E-state index in [2.05, 4.69) is 22.4 Å². The largest absolute Gasteiger partial charge is 0.481 e. The molecule has 0 bridgehead atoms. The summed E-state index contributed by atoms with van der Waals surface area (Å²) in [5.74, 6) is -1.28. The topological polar surface area (TPSA) is 129 Å². The van der Waals surface area contributed by atoms with E-state index in [9.17, 15) is 19.5 Å². The SMILES string of the molecule is CC(C)(N)C(=O)N[C@H](Cc1c[nH]c2ccccc12)C(=O)N1CCC2(CC1)C[C@@H](CC(=O)O)c1ccccc12.Cl. The third-order valence-corrected chi connectivity index (χ3v) is 8.35. The number of aliphatic carboxylic acids is 1. The molecule has 0 saturated carbocycles. The molecule has 2 aromatic carbocycles. The van der Waals surface area contributed by atoms with Crippen LogP contribution in [0.4, 0.5) is 0 Å². The van der Waals surface area contributed by atoms with E-state index >= 15 is 0 Å². The van der Waals surface area contributed by atoms with Crippen molar-refractivity contribution in [1.29, 1.82) is 0 Å². The van der Waals surface area contributed by atoms with Crippen LogP contribution in [0.5, 0.6) is 0 Å². The average molecular weight is 553 g/mol. The van der Waals surface area contributed by atoms with Crippen molar-refractivity contribution in [1.82, 2.24) is 15.2 Å². The van der Waals surface area contributed by atoms with Crippen LogP contribution in [0.2, 0.25) is 0 Å². The molecule has 1 aliphatic carbocycles. The smallest absolute Gasteiger partial charge is 0.303 e. The van der Waals surface area contributed by atoms with Gasteiger partial charge in [-0.25, -0.2) is 0 Å². The number of carboxylic acids is 1. The number of amides is 2. The predicted molar refractivity (Wildman–Crippen MR) is 153 cm³/mol. The number of benzene rings is 2. The molecule has 5 N–H and O–H groups in total. The Morgan fingerprint density at radius 1 is 1.13 bits per heavy atom. The predicted octanol–water partition coefficient (Wildman–Crippen LogP) is 3.88. The molecule has 0 radical (unpaired) electrons. The molecule has 3 aromatic rings. The first-order chi connectivity index (χ1) is 18.1. The number of rotatable bonds is 7. The zero-order valence-corrected chi connectivity index (χ0v) is 23.2. The van der Waals surface area contributed by atoms with Gasteiger partial charge in [-0.05, 0) is 67.2 Å². The van der Waals surface area contributed by atoms with Gasteiger partial charge in [-0.3, -0.25) is 14.4 Å². The number of carboxylic acid groups (broad SMARTS) is 1. The van der Waals surface area contributed by atoms with E-state index in [1.54, 1.807) is 13.8 Å². The fourth-order valence-electron chi connectivity index (χ4n) is 6.33. The lowest BCUT2D eigenvalue weighted by molar-refractivity contribution is -0.138. The molecule has 2 aliphatic rings. The quantitative estimate of drug-likeness (QED) is 0.353. The average Bonchev–Trinajstić information content (AvgIpc) is 3.42. The Kier molecular flexibility index (Phi) is 8.09. The first kappa shape index (κ1) is 28.6. The molecule has 1 fully saturated rings. The summed E-state index contributed by atoms with van der Waals surface area (Å²) in [6.07, 6.45) is 4.69. The Labute approximate surface area is 234 Å². The number of likely N-dealkylation sites (tertiary alicyclic amines) is 1. The third-order valence-electron chi connectivity index (χ3n) is 8.35. The summed E-state index contributed by atoms with van der Waals surface area (Å²) in [6, 6.07) is 15.3. The van der Waals surface area contributed by atoms with Crippen molar-refractivity contribution in [2.75, 3.05) is 13.1 Å². The van der Waals surface area contributed by atoms with Gasteiger partial charge in [0.15, 0.2) is 0 Å². The Bertz CT molecular complexity index is 1370. The van der Waals surface area contributed by atoms with Gasteiger partial charge in [-0.15, -0.1) is 12.4 Å². The Hall–Kier alpha value is -3.36. The highest BCUT2D eigenvalue weighted by Crippen LogP contribution is 2.52. The van der Waals surface area contributed by atoms with Crippen molar-refractivity contribution < 1.29 is 19.5 Å². The molecule has 1 saturated heterocycles. The maximum absolute atomic E-state index is 13.9. The van der Waals surface area contributed by atoms with Crippen LogP contribution < -0.4 is 11.1 Å². The lowest BCUT2D eigenvalue weighted by Gasteiger charge is -2.41. The van der Waals surface area contributed by atoms with Gasteiger partial charge in [-0.2, -0.15) is 0 Å². The normalized spacial score (nSPS) is 18.8. The van der Waals surface area contributed by atoms with E-state index in [4.69, 9.17) is 5.73 Å².